The molecule has 0 aliphatic rings. The van der Waals surface area contributed by atoms with Crippen molar-refractivity contribution in [2.75, 3.05) is 0 Å². The number of isocyanates is 1. The monoisotopic (exact) mass is 122 g/mol. The number of H-pyrrole nitrogens is 1. The molecule has 1 aromatic heterocycles. The Morgan fingerprint density at radius 2 is 2.67 bits per heavy atom. The Morgan fingerprint density at radius 3 is 3.22 bits per heavy atom. The van der Waals surface area contributed by atoms with E-state index >= 15 is 0 Å². The number of nitrogens with zero attached hydrogens (tertiary/aromatic N) is 1. The molecule has 0 bridgehead atoms. The van der Waals surface area contributed by atoms with Crippen molar-refractivity contribution in [1.29, 1.82) is 0 Å². The average molecular weight is 122 g/mol. The SMILES string of the molecule is O=C=NCc1ccc[nH]1. The van der Waals surface area contributed by atoms with E-state index in [-0.39, 0.29) is 0 Å². The summed E-state index contributed by atoms with van der Waals surface area (Å²) in [6, 6.07) is 3.72. The van der Waals surface area contributed by atoms with E-state index in [0.29, 0.717) is 6.54 Å². The van der Waals surface area contributed by atoms with Crippen LogP contribution in [0, 0.1) is 0 Å². The third-order valence-corrected chi connectivity index (χ3v) is 0.976. The van der Waals surface area contributed by atoms with Crippen molar-refractivity contribution in [2.24, 2.45) is 4.99 Å². The second kappa shape index (κ2) is 2.84. The van der Waals surface area contributed by atoms with Crippen LogP contribution in [0.4, 0.5) is 0 Å². The molecule has 3 heteroatoms. The minimum Gasteiger partial charge on any atom is -0.363 e. The molecular weight excluding hydrogens is 116 g/mol. The number of aromatic nitrogens is 1. The molecule has 0 aromatic carbocycles. The van der Waals surface area contributed by atoms with Crippen LogP contribution in [0.1, 0.15) is 5.69 Å². The average Bonchev–Trinajstić information content (AvgIpc) is 2.34. The van der Waals surface area contributed by atoms with Gasteiger partial charge >= 0.3 is 0 Å². The minimum absolute atomic E-state index is 0.399. The van der Waals surface area contributed by atoms with E-state index < -0.39 is 0 Å². The van der Waals surface area contributed by atoms with Gasteiger partial charge in [0.2, 0.25) is 6.08 Å². The Balaban J connectivity index is 2.57. The molecule has 0 aliphatic heterocycles. The molecule has 0 saturated heterocycles. The van der Waals surface area contributed by atoms with E-state index in [1.54, 1.807) is 6.20 Å². The predicted molar refractivity (Wildman–Crippen MR) is 32.6 cm³/mol. The molecule has 1 aromatic rings. The number of hydrogen-bond acceptors (Lipinski definition) is 2. The summed E-state index contributed by atoms with van der Waals surface area (Å²) < 4.78 is 0. The Morgan fingerprint density at radius 1 is 1.78 bits per heavy atom. The summed E-state index contributed by atoms with van der Waals surface area (Å²) in [6.07, 6.45) is 3.25. The van der Waals surface area contributed by atoms with Crippen LogP contribution in [-0.4, -0.2) is 11.1 Å². The molecule has 1 rings (SSSR count). The van der Waals surface area contributed by atoms with Gasteiger partial charge in [-0.1, -0.05) is 0 Å². The smallest absolute Gasteiger partial charge is 0.235 e. The summed E-state index contributed by atoms with van der Waals surface area (Å²) in [4.78, 5) is 15.9. The van der Waals surface area contributed by atoms with Gasteiger partial charge in [-0.3, -0.25) is 0 Å². The van der Waals surface area contributed by atoms with Gasteiger partial charge in [-0.2, -0.15) is 4.99 Å². The first-order valence-electron chi connectivity index (χ1n) is 2.59. The molecule has 0 atom stereocenters. The summed E-state index contributed by atoms with van der Waals surface area (Å²) in [5.74, 6) is 0. The molecule has 0 saturated carbocycles. The lowest BCUT2D eigenvalue weighted by molar-refractivity contribution is 0.562. The zero-order valence-corrected chi connectivity index (χ0v) is 4.79. The van der Waals surface area contributed by atoms with E-state index in [1.165, 1.54) is 6.08 Å². The first-order chi connectivity index (χ1) is 4.43. The maximum atomic E-state index is 9.59. The van der Waals surface area contributed by atoms with Crippen molar-refractivity contribution >= 4 is 6.08 Å². The summed E-state index contributed by atoms with van der Waals surface area (Å²) in [7, 11) is 0. The molecule has 1 N–H and O–H groups in total. The topological polar surface area (TPSA) is 45.2 Å². The van der Waals surface area contributed by atoms with Crippen molar-refractivity contribution in [3.05, 3.63) is 24.0 Å². The van der Waals surface area contributed by atoms with Crippen LogP contribution in [0.25, 0.3) is 0 Å². The third-order valence-electron chi connectivity index (χ3n) is 0.976. The number of hydrogen-bond donors (Lipinski definition) is 1. The van der Waals surface area contributed by atoms with Crippen LogP contribution in [0.3, 0.4) is 0 Å². The summed E-state index contributed by atoms with van der Waals surface area (Å²) >= 11 is 0. The summed E-state index contributed by atoms with van der Waals surface area (Å²) in [5, 5.41) is 0. The van der Waals surface area contributed by atoms with E-state index in [1.807, 2.05) is 12.1 Å². The van der Waals surface area contributed by atoms with Gasteiger partial charge in [-0.25, -0.2) is 4.79 Å². The van der Waals surface area contributed by atoms with Gasteiger partial charge in [0, 0.05) is 11.9 Å². The lowest BCUT2D eigenvalue weighted by Crippen LogP contribution is -1.77. The van der Waals surface area contributed by atoms with Crippen molar-refractivity contribution in [2.45, 2.75) is 6.54 Å². The van der Waals surface area contributed by atoms with Gasteiger partial charge in [0.15, 0.2) is 0 Å². The molecule has 0 amide bonds. The van der Waals surface area contributed by atoms with Gasteiger partial charge < -0.3 is 4.98 Å². The fraction of sp³-hybridized carbons (Fsp3) is 0.167. The maximum absolute atomic E-state index is 9.59. The van der Waals surface area contributed by atoms with E-state index in [4.69, 9.17) is 0 Å². The van der Waals surface area contributed by atoms with Crippen LogP contribution in [0.2, 0.25) is 0 Å². The molecule has 0 fully saturated rings. The predicted octanol–water partition coefficient (Wildman–Crippen LogP) is 0.850. The lowest BCUT2D eigenvalue weighted by atomic mass is 10.4. The zero-order chi connectivity index (χ0) is 6.53. The fourth-order valence-corrected chi connectivity index (χ4v) is 0.583. The van der Waals surface area contributed by atoms with E-state index in [2.05, 4.69) is 9.98 Å². The number of carbonyl (C=O) groups excluding carboxylic acids is 1. The number of nitrogens with one attached hydrogen (secondary N) is 1. The minimum atomic E-state index is 0.399. The number of aliphatic imine (C=N–C) groups is 1. The molecule has 1 heterocycles. The van der Waals surface area contributed by atoms with Crippen molar-refractivity contribution < 1.29 is 4.79 Å². The standard InChI is InChI=1S/C6H6N2O/c9-5-7-4-6-2-1-3-8-6/h1-3,8H,4H2. The van der Waals surface area contributed by atoms with Crippen molar-refractivity contribution in [1.82, 2.24) is 4.98 Å². The van der Waals surface area contributed by atoms with Crippen molar-refractivity contribution in [3.8, 4) is 0 Å². The highest BCUT2D eigenvalue weighted by Gasteiger charge is 1.85. The quantitative estimate of drug-likeness (QED) is 0.458. The van der Waals surface area contributed by atoms with Crippen LogP contribution >= 0.6 is 0 Å². The van der Waals surface area contributed by atoms with Crippen molar-refractivity contribution in [3.63, 3.8) is 0 Å². The first kappa shape index (κ1) is 5.79. The molecule has 3 nitrogen and oxygen atoms in total. The second-order valence-electron chi connectivity index (χ2n) is 1.60. The lowest BCUT2D eigenvalue weighted by Gasteiger charge is -1.82. The third kappa shape index (κ3) is 1.55. The zero-order valence-electron chi connectivity index (χ0n) is 4.79. The molecule has 0 unspecified atom stereocenters. The normalized spacial score (nSPS) is 8.44. The Kier molecular flexibility index (Phi) is 1.83. The molecule has 46 valence electrons. The first-order valence-corrected chi connectivity index (χ1v) is 2.59. The molecule has 0 spiro atoms. The highest BCUT2D eigenvalue weighted by atomic mass is 16.1. The molecular formula is C6H6N2O. The number of aromatic amines is 1. The van der Waals surface area contributed by atoms with E-state index in [9.17, 15) is 4.79 Å². The Labute approximate surface area is 52.4 Å². The van der Waals surface area contributed by atoms with Crippen LogP contribution < -0.4 is 0 Å². The van der Waals surface area contributed by atoms with Gasteiger partial charge in [-0.05, 0) is 12.1 Å². The molecule has 0 radical (unpaired) electrons. The molecule has 9 heavy (non-hydrogen) atoms. The van der Waals surface area contributed by atoms with Crippen LogP contribution in [0.5, 0.6) is 0 Å². The highest BCUT2D eigenvalue weighted by molar-refractivity contribution is 5.33. The Hall–Kier alpha value is -1.34. The van der Waals surface area contributed by atoms with Gasteiger partial charge in [0.25, 0.3) is 0 Å². The largest absolute Gasteiger partial charge is 0.363 e. The summed E-state index contributed by atoms with van der Waals surface area (Å²) in [5.41, 5.74) is 0.929. The Bertz CT molecular complexity index is 209. The summed E-state index contributed by atoms with van der Waals surface area (Å²) in [6.45, 7) is 0.399. The van der Waals surface area contributed by atoms with E-state index in [0.717, 1.165) is 5.69 Å². The van der Waals surface area contributed by atoms with Gasteiger partial charge in [-0.15, -0.1) is 0 Å². The fourth-order valence-electron chi connectivity index (χ4n) is 0.583. The van der Waals surface area contributed by atoms with Gasteiger partial charge in [0.1, 0.15) is 0 Å². The van der Waals surface area contributed by atoms with Gasteiger partial charge in [0.05, 0.1) is 6.54 Å². The number of rotatable bonds is 2. The van der Waals surface area contributed by atoms with Crippen LogP contribution in [0.15, 0.2) is 23.3 Å². The molecule has 0 aliphatic carbocycles. The highest BCUT2D eigenvalue weighted by Crippen LogP contribution is 1.94. The second-order valence-corrected chi connectivity index (χ2v) is 1.60. The maximum Gasteiger partial charge on any atom is 0.235 e. The van der Waals surface area contributed by atoms with Crippen LogP contribution in [-0.2, 0) is 11.3 Å².